The molecule has 1 aliphatic heterocycles. The molecule has 0 unspecified atom stereocenters. The lowest BCUT2D eigenvalue weighted by atomic mass is 9.94. The monoisotopic (exact) mass is 516 g/mol. The average molecular weight is 517 g/mol. The van der Waals surface area contributed by atoms with Crippen LogP contribution < -0.4 is 0 Å². The summed E-state index contributed by atoms with van der Waals surface area (Å²) in [5.74, 6) is -0.411. The Kier molecular flexibility index (Phi) is 10.5. The van der Waals surface area contributed by atoms with Crippen LogP contribution in [-0.2, 0) is 48.3 Å². The van der Waals surface area contributed by atoms with Crippen molar-refractivity contribution in [1.82, 2.24) is 0 Å². The van der Waals surface area contributed by atoms with Crippen LogP contribution >= 0.6 is 0 Å². The van der Waals surface area contributed by atoms with Crippen LogP contribution in [0.2, 0.25) is 0 Å². The Hall–Kier alpha value is -3.49. The van der Waals surface area contributed by atoms with Crippen LogP contribution in [0.1, 0.15) is 23.1 Å². The van der Waals surface area contributed by atoms with Crippen molar-refractivity contribution in [3.8, 4) is 0 Å². The number of hydrogen-bond acceptors (Lipinski definition) is 6. The van der Waals surface area contributed by atoms with Crippen LogP contribution in [0.4, 0.5) is 0 Å². The number of ether oxygens (including phenoxy) is 5. The number of carbonyl (C=O) groups is 1. The SMILES string of the molecule is CO[C@H]1O[C@H](CC(=O)C=[N+]=[N-])[C@@H](OCc2ccccc2)[C@H](OCc2ccccc2)[C@H]1OCc1ccccc1. The Bertz CT molecular complexity index is 1170. The third kappa shape index (κ3) is 7.76. The quantitative estimate of drug-likeness (QED) is 0.190. The summed E-state index contributed by atoms with van der Waals surface area (Å²) in [5.41, 5.74) is 11.8. The van der Waals surface area contributed by atoms with E-state index >= 15 is 0 Å². The van der Waals surface area contributed by atoms with Crippen LogP contribution in [0.25, 0.3) is 5.53 Å². The molecule has 38 heavy (non-hydrogen) atoms. The van der Waals surface area contributed by atoms with Gasteiger partial charge in [0.25, 0.3) is 0 Å². The number of Topliss-reactive ketones (excluding diaryl/α,β-unsaturated/α-hetero) is 1. The normalized spacial score (nSPS) is 22.9. The molecule has 1 fully saturated rings. The van der Waals surface area contributed by atoms with E-state index in [4.69, 9.17) is 29.2 Å². The first kappa shape index (κ1) is 27.5. The van der Waals surface area contributed by atoms with Crippen molar-refractivity contribution in [2.24, 2.45) is 0 Å². The third-order valence-corrected chi connectivity index (χ3v) is 6.28. The van der Waals surface area contributed by atoms with Crippen LogP contribution in [0.15, 0.2) is 91.0 Å². The van der Waals surface area contributed by atoms with Gasteiger partial charge in [0.1, 0.15) is 18.3 Å². The highest BCUT2D eigenvalue weighted by atomic mass is 16.7. The fraction of sp³-hybridized carbons (Fsp3) is 0.333. The van der Waals surface area contributed by atoms with Crippen molar-refractivity contribution in [2.75, 3.05) is 7.11 Å². The summed E-state index contributed by atoms with van der Waals surface area (Å²) in [6, 6.07) is 29.3. The van der Waals surface area contributed by atoms with E-state index < -0.39 is 36.5 Å². The minimum Gasteiger partial charge on any atom is -0.368 e. The Morgan fingerprint density at radius 3 is 1.66 bits per heavy atom. The molecule has 8 heteroatoms. The molecule has 0 aliphatic carbocycles. The molecule has 1 saturated heterocycles. The zero-order valence-corrected chi connectivity index (χ0v) is 21.3. The fourth-order valence-corrected chi connectivity index (χ4v) is 4.42. The summed E-state index contributed by atoms with van der Waals surface area (Å²) in [7, 11) is 1.52. The molecule has 0 radical (unpaired) electrons. The summed E-state index contributed by atoms with van der Waals surface area (Å²) >= 11 is 0. The molecular weight excluding hydrogens is 484 g/mol. The summed E-state index contributed by atoms with van der Waals surface area (Å²) < 4.78 is 31.1. The maximum Gasteiger partial charge on any atom is 0.323 e. The minimum absolute atomic E-state index is 0.0834. The largest absolute Gasteiger partial charge is 0.368 e. The highest BCUT2D eigenvalue weighted by Crippen LogP contribution is 2.32. The number of nitrogens with zero attached hydrogens (tertiary/aromatic N) is 2. The predicted molar refractivity (Wildman–Crippen MR) is 140 cm³/mol. The molecule has 1 aliphatic rings. The van der Waals surface area contributed by atoms with E-state index in [0.29, 0.717) is 13.2 Å². The van der Waals surface area contributed by atoms with Gasteiger partial charge in [-0.1, -0.05) is 91.0 Å². The molecule has 0 bridgehead atoms. The summed E-state index contributed by atoms with van der Waals surface area (Å²) in [5, 5.41) is 0. The van der Waals surface area contributed by atoms with Gasteiger partial charge in [0.05, 0.1) is 25.9 Å². The molecule has 0 amide bonds. The van der Waals surface area contributed by atoms with E-state index in [2.05, 4.69) is 4.79 Å². The minimum atomic E-state index is -0.820. The Morgan fingerprint density at radius 1 is 0.763 bits per heavy atom. The number of carbonyl (C=O) groups excluding carboxylic acids is 1. The van der Waals surface area contributed by atoms with E-state index in [0.717, 1.165) is 22.9 Å². The first-order chi connectivity index (χ1) is 18.7. The van der Waals surface area contributed by atoms with Crippen LogP contribution in [0.3, 0.4) is 0 Å². The third-order valence-electron chi connectivity index (χ3n) is 6.28. The van der Waals surface area contributed by atoms with Crippen molar-refractivity contribution in [3.05, 3.63) is 113 Å². The second kappa shape index (κ2) is 14.4. The van der Waals surface area contributed by atoms with E-state index in [1.807, 2.05) is 91.0 Å². The molecule has 8 nitrogen and oxygen atoms in total. The highest BCUT2D eigenvalue weighted by molar-refractivity contribution is 6.25. The van der Waals surface area contributed by atoms with Crippen molar-refractivity contribution in [2.45, 2.75) is 56.9 Å². The zero-order valence-electron chi connectivity index (χ0n) is 21.3. The molecule has 3 aromatic rings. The number of rotatable bonds is 13. The molecule has 5 atom stereocenters. The van der Waals surface area contributed by atoms with E-state index in [-0.39, 0.29) is 13.0 Å². The van der Waals surface area contributed by atoms with Crippen LogP contribution in [0.5, 0.6) is 0 Å². The number of methoxy groups -OCH3 is 1. The van der Waals surface area contributed by atoms with Gasteiger partial charge in [-0.2, -0.15) is 4.79 Å². The van der Waals surface area contributed by atoms with Gasteiger partial charge in [-0.25, -0.2) is 0 Å². The van der Waals surface area contributed by atoms with Gasteiger partial charge in [0.2, 0.25) is 5.78 Å². The number of benzene rings is 3. The number of hydrogen-bond donors (Lipinski definition) is 0. The fourth-order valence-electron chi connectivity index (χ4n) is 4.42. The lowest BCUT2D eigenvalue weighted by molar-refractivity contribution is -0.317. The summed E-state index contributed by atoms with van der Waals surface area (Å²) in [6.07, 6.45) is -2.74. The Labute approximate surface area is 222 Å². The zero-order chi connectivity index (χ0) is 26.6. The predicted octanol–water partition coefficient (Wildman–Crippen LogP) is 4.37. The van der Waals surface area contributed by atoms with Crippen molar-refractivity contribution in [1.29, 1.82) is 0 Å². The lowest BCUT2D eigenvalue weighted by Crippen LogP contribution is -2.61. The molecule has 1 heterocycles. The summed E-state index contributed by atoms with van der Waals surface area (Å²) in [6.45, 7) is 0.894. The maximum atomic E-state index is 12.4. The van der Waals surface area contributed by atoms with Gasteiger partial charge in [0, 0.05) is 13.5 Å². The highest BCUT2D eigenvalue weighted by Gasteiger charge is 2.49. The van der Waals surface area contributed by atoms with Gasteiger partial charge < -0.3 is 29.2 Å². The first-order valence-corrected chi connectivity index (χ1v) is 12.5. The Balaban J connectivity index is 1.63. The molecule has 4 rings (SSSR count). The average Bonchev–Trinajstić information content (AvgIpc) is 2.96. The second-order valence-corrected chi connectivity index (χ2v) is 8.98. The van der Waals surface area contributed by atoms with Gasteiger partial charge >= 0.3 is 6.21 Å². The second-order valence-electron chi connectivity index (χ2n) is 8.98. The molecule has 0 aromatic heterocycles. The van der Waals surface area contributed by atoms with Gasteiger partial charge in [-0.05, 0) is 16.7 Å². The molecule has 198 valence electrons. The molecule has 0 spiro atoms. The lowest BCUT2D eigenvalue weighted by Gasteiger charge is -2.45. The maximum absolute atomic E-state index is 12.4. The first-order valence-electron chi connectivity index (χ1n) is 12.5. The smallest absolute Gasteiger partial charge is 0.323 e. The Morgan fingerprint density at radius 2 is 1.21 bits per heavy atom. The van der Waals surface area contributed by atoms with Gasteiger partial charge in [-0.3, -0.25) is 4.79 Å². The topological polar surface area (TPSA) is 99.6 Å². The van der Waals surface area contributed by atoms with Crippen molar-refractivity contribution in [3.63, 3.8) is 0 Å². The summed E-state index contributed by atoms with van der Waals surface area (Å²) in [4.78, 5) is 15.3. The standard InChI is InChI=1S/C30H32N2O6/c1-34-30-29(37-21-24-15-9-4-10-16-24)28(36-20-23-13-7-3-8-14-23)27(26(38-30)17-25(33)18-32-31)35-19-22-11-5-2-6-12-22/h2-16,18,26-30H,17,19-21H2,1H3/t26-,27-,28+,29-,30+/m1/s1. The molecular formula is C30H32N2O6. The van der Waals surface area contributed by atoms with Crippen LogP contribution in [-0.4, -0.2) is 54.6 Å². The van der Waals surface area contributed by atoms with Crippen molar-refractivity contribution < 1.29 is 33.3 Å². The van der Waals surface area contributed by atoms with Crippen molar-refractivity contribution >= 4 is 12.0 Å². The van der Waals surface area contributed by atoms with E-state index in [9.17, 15) is 4.79 Å². The molecule has 3 aromatic carbocycles. The number of ketones is 1. The van der Waals surface area contributed by atoms with E-state index in [1.54, 1.807) is 0 Å². The van der Waals surface area contributed by atoms with Gasteiger partial charge in [0.15, 0.2) is 6.29 Å². The molecule has 0 saturated carbocycles. The molecule has 0 N–H and O–H groups in total. The van der Waals surface area contributed by atoms with Crippen LogP contribution in [0, 0.1) is 0 Å². The van der Waals surface area contributed by atoms with Gasteiger partial charge in [-0.15, -0.1) is 0 Å². The van der Waals surface area contributed by atoms with E-state index in [1.165, 1.54) is 7.11 Å².